The van der Waals surface area contributed by atoms with Crippen LogP contribution >= 0.6 is 0 Å². The molecule has 0 amide bonds. The highest BCUT2D eigenvalue weighted by Gasteiger charge is 2.19. The number of nitrogens with two attached hydrogens (primary N) is 1. The minimum absolute atomic E-state index is 0.0701. The van der Waals surface area contributed by atoms with Crippen molar-refractivity contribution in [3.63, 3.8) is 0 Å². The van der Waals surface area contributed by atoms with Crippen LogP contribution in [0.4, 0.5) is 16.0 Å². The van der Waals surface area contributed by atoms with Crippen LogP contribution in [0.2, 0.25) is 0 Å². The molecular weight excluding hydrogens is 239 g/mol. The van der Waals surface area contributed by atoms with Crippen molar-refractivity contribution in [3.8, 4) is 11.3 Å². The summed E-state index contributed by atoms with van der Waals surface area (Å²) in [5.74, 6) is -0.486. The number of nitrogen functional groups attached to an aromatic ring is 1. The predicted molar refractivity (Wildman–Crippen MR) is 63.2 cm³/mol. The fourth-order valence-electron chi connectivity index (χ4n) is 1.61. The first kappa shape index (κ1) is 11.9. The number of hydrogen-bond donors (Lipinski definition) is 1. The number of aryl methyl sites for hydroxylation is 1. The van der Waals surface area contributed by atoms with Crippen LogP contribution in [0.25, 0.3) is 11.3 Å². The maximum atomic E-state index is 13.0. The van der Waals surface area contributed by atoms with E-state index in [-0.39, 0.29) is 17.3 Å². The molecule has 6 nitrogen and oxygen atoms in total. The topological polar surface area (TPSA) is 94.9 Å². The summed E-state index contributed by atoms with van der Waals surface area (Å²) in [7, 11) is 0. The van der Waals surface area contributed by atoms with Gasteiger partial charge in [0.05, 0.1) is 4.92 Å². The Morgan fingerprint density at radius 1 is 1.44 bits per heavy atom. The molecular formula is C11H9FN4O2. The highest BCUT2D eigenvalue weighted by molar-refractivity contribution is 5.72. The summed E-state index contributed by atoms with van der Waals surface area (Å²) in [6.45, 7) is 1.64. The standard InChI is InChI=1S/C11H9FN4O2/c1-6-4-7(12)2-3-8(6)10-9(16(17)18)5-14-11(13)15-10/h2-5H,1H3,(H2,13,14,15). The number of hydrogen-bond acceptors (Lipinski definition) is 5. The fourth-order valence-corrected chi connectivity index (χ4v) is 1.61. The zero-order chi connectivity index (χ0) is 13.3. The fraction of sp³-hybridized carbons (Fsp3) is 0.0909. The molecule has 7 heteroatoms. The average Bonchev–Trinajstić information content (AvgIpc) is 2.28. The molecule has 1 aromatic heterocycles. The van der Waals surface area contributed by atoms with E-state index in [2.05, 4.69) is 9.97 Å². The number of nitrogens with zero attached hydrogens (tertiary/aromatic N) is 3. The van der Waals surface area contributed by atoms with Crippen molar-refractivity contribution in [1.82, 2.24) is 9.97 Å². The molecule has 1 heterocycles. The quantitative estimate of drug-likeness (QED) is 0.648. The van der Waals surface area contributed by atoms with E-state index in [9.17, 15) is 14.5 Å². The van der Waals surface area contributed by atoms with Gasteiger partial charge in [-0.2, -0.15) is 0 Å². The van der Waals surface area contributed by atoms with Crippen LogP contribution < -0.4 is 5.73 Å². The molecule has 0 atom stereocenters. The second-order valence-electron chi connectivity index (χ2n) is 3.68. The van der Waals surface area contributed by atoms with Gasteiger partial charge >= 0.3 is 5.69 Å². The second kappa shape index (κ2) is 4.36. The lowest BCUT2D eigenvalue weighted by Crippen LogP contribution is -2.02. The molecule has 0 unspecified atom stereocenters. The highest BCUT2D eigenvalue weighted by atomic mass is 19.1. The van der Waals surface area contributed by atoms with Gasteiger partial charge < -0.3 is 5.73 Å². The number of halogens is 1. The largest absolute Gasteiger partial charge is 0.368 e. The van der Waals surface area contributed by atoms with Crippen molar-refractivity contribution in [2.45, 2.75) is 6.92 Å². The summed E-state index contributed by atoms with van der Waals surface area (Å²) in [6.07, 6.45) is 1.04. The Balaban J connectivity index is 2.69. The molecule has 0 aliphatic rings. The summed E-state index contributed by atoms with van der Waals surface area (Å²) in [4.78, 5) is 17.7. The van der Waals surface area contributed by atoms with Gasteiger partial charge in [-0.25, -0.2) is 14.4 Å². The van der Waals surface area contributed by atoms with Gasteiger partial charge in [0.25, 0.3) is 0 Å². The maximum Gasteiger partial charge on any atom is 0.313 e. The summed E-state index contributed by atoms with van der Waals surface area (Å²) in [5, 5.41) is 10.9. The first-order valence-corrected chi connectivity index (χ1v) is 5.02. The number of rotatable bonds is 2. The number of benzene rings is 1. The minimum atomic E-state index is -0.600. The van der Waals surface area contributed by atoms with Crippen molar-refractivity contribution in [3.05, 3.63) is 45.9 Å². The van der Waals surface area contributed by atoms with Crippen LogP contribution in [0.15, 0.2) is 24.4 Å². The molecule has 0 saturated carbocycles. The smallest absolute Gasteiger partial charge is 0.313 e. The number of anilines is 1. The summed E-state index contributed by atoms with van der Waals surface area (Å²) in [6, 6.07) is 3.92. The van der Waals surface area contributed by atoms with Gasteiger partial charge in [0.1, 0.15) is 12.0 Å². The van der Waals surface area contributed by atoms with Crippen LogP contribution in [0.5, 0.6) is 0 Å². The lowest BCUT2D eigenvalue weighted by molar-refractivity contribution is -0.384. The van der Waals surface area contributed by atoms with E-state index in [1.165, 1.54) is 18.2 Å². The van der Waals surface area contributed by atoms with Gasteiger partial charge in [0, 0.05) is 5.56 Å². The monoisotopic (exact) mass is 248 g/mol. The minimum Gasteiger partial charge on any atom is -0.368 e. The molecule has 1 aromatic carbocycles. The molecule has 0 spiro atoms. The molecule has 0 fully saturated rings. The maximum absolute atomic E-state index is 13.0. The van der Waals surface area contributed by atoms with Gasteiger partial charge in [0.15, 0.2) is 5.69 Å². The summed E-state index contributed by atoms with van der Waals surface area (Å²) < 4.78 is 13.0. The van der Waals surface area contributed by atoms with Crippen LogP contribution in [0, 0.1) is 22.9 Å². The molecule has 0 aliphatic carbocycles. The molecule has 18 heavy (non-hydrogen) atoms. The van der Waals surface area contributed by atoms with Crippen LogP contribution in [0.1, 0.15) is 5.56 Å². The van der Waals surface area contributed by atoms with E-state index in [0.717, 1.165) is 6.20 Å². The normalized spacial score (nSPS) is 10.3. The van der Waals surface area contributed by atoms with E-state index >= 15 is 0 Å². The van der Waals surface area contributed by atoms with Crippen molar-refractivity contribution < 1.29 is 9.31 Å². The van der Waals surface area contributed by atoms with Gasteiger partial charge in [-0.05, 0) is 30.7 Å². The predicted octanol–water partition coefficient (Wildman–Crippen LogP) is 2.08. The number of nitro groups is 1. The zero-order valence-corrected chi connectivity index (χ0v) is 9.42. The molecule has 2 N–H and O–H groups in total. The Kier molecular flexibility index (Phi) is 2.88. The third-order valence-corrected chi connectivity index (χ3v) is 2.43. The Morgan fingerprint density at radius 3 is 2.78 bits per heavy atom. The molecule has 92 valence electrons. The van der Waals surface area contributed by atoms with Gasteiger partial charge in [0.2, 0.25) is 5.95 Å². The van der Waals surface area contributed by atoms with Crippen LogP contribution in [-0.2, 0) is 0 Å². The Morgan fingerprint density at radius 2 is 2.17 bits per heavy atom. The van der Waals surface area contributed by atoms with E-state index in [0.29, 0.717) is 11.1 Å². The van der Waals surface area contributed by atoms with E-state index < -0.39 is 10.7 Å². The van der Waals surface area contributed by atoms with Crippen molar-refractivity contribution in [2.24, 2.45) is 0 Å². The summed E-state index contributed by atoms with van der Waals surface area (Å²) >= 11 is 0. The zero-order valence-electron chi connectivity index (χ0n) is 9.42. The first-order valence-electron chi connectivity index (χ1n) is 5.02. The molecule has 0 bridgehead atoms. The molecule has 2 aromatic rings. The third kappa shape index (κ3) is 2.10. The van der Waals surface area contributed by atoms with E-state index in [1.807, 2.05) is 0 Å². The highest BCUT2D eigenvalue weighted by Crippen LogP contribution is 2.30. The first-order chi connectivity index (χ1) is 8.49. The average molecular weight is 248 g/mol. The van der Waals surface area contributed by atoms with Crippen molar-refractivity contribution >= 4 is 11.6 Å². The SMILES string of the molecule is Cc1cc(F)ccc1-c1nc(N)ncc1[N+](=O)[O-]. The Labute approximate surface area is 101 Å². The van der Waals surface area contributed by atoms with Gasteiger partial charge in [-0.3, -0.25) is 10.1 Å². The van der Waals surface area contributed by atoms with Crippen molar-refractivity contribution in [1.29, 1.82) is 0 Å². The molecule has 2 rings (SSSR count). The van der Waals surface area contributed by atoms with Crippen LogP contribution in [-0.4, -0.2) is 14.9 Å². The Hall–Kier alpha value is -2.57. The van der Waals surface area contributed by atoms with E-state index in [1.54, 1.807) is 6.92 Å². The lowest BCUT2D eigenvalue weighted by atomic mass is 10.0. The van der Waals surface area contributed by atoms with Gasteiger partial charge in [-0.1, -0.05) is 0 Å². The summed E-state index contributed by atoms with van der Waals surface area (Å²) in [5.41, 5.74) is 6.24. The van der Waals surface area contributed by atoms with Gasteiger partial charge in [-0.15, -0.1) is 0 Å². The Bertz CT molecular complexity index is 630. The molecule has 0 radical (unpaired) electrons. The molecule has 0 saturated heterocycles. The molecule has 0 aliphatic heterocycles. The van der Waals surface area contributed by atoms with E-state index in [4.69, 9.17) is 5.73 Å². The van der Waals surface area contributed by atoms with Crippen LogP contribution in [0.3, 0.4) is 0 Å². The number of aromatic nitrogens is 2. The van der Waals surface area contributed by atoms with Crippen molar-refractivity contribution in [2.75, 3.05) is 5.73 Å². The third-order valence-electron chi connectivity index (χ3n) is 2.43. The second-order valence-corrected chi connectivity index (χ2v) is 3.68. The lowest BCUT2D eigenvalue weighted by Gasteiger charge is -2.06.